The van der Waals surface area contributed by atoms with Crippen LogP contribution in [0.2, 0.25) is 0 Å². The molecule has 10 heteroatoms. The van der Waals surface area contributed by atoms with Crippen LogP contribution in [0.4, 0.5) is 33.7 Å². The first-order chi connectivity index (χ1) is 11.1. The van der Waals surface area contributed by atoms with E-state index in [2.05, 4.69) is 34.1 Å². The number of carbonyl (C=O) groups is 1. The molecular formula is C14H9BrF4N2O2S. The molecule has 2 aromatic carbocycles. The number of phenols is 1. The van der Waals surface area contributed by atoms with Gasteiger partial charge in [0, 0.05) is 10.2 Å². The third-order valence-electron chi connectivity index (χ3n) is 2.89. The van der Waals surface area contributed by atoms with E-state index in [1.54, 1.807) is 0 Å². The summed E-state index contributed by atoms with van der Waals surface area (Å²) in [5, 5.41) is 11.9. The summed E-state index contributed by atoms with van der Waals surface area (Å²) in [6.07, 6.45) is -4.49. The van der Waals surface area contributed by atoms with E-state index < -0.39 is 29.3 Å². The van der Waals surface area contributed by atoms with E-state index in [4.69, 9.17) is 0 Å². The van der Waals surface area contributed by atoms with Crippen LogP contribution in [0.5, 0.6) is 5.75 Å². The maximum atomic E-state index is 13.5. The van der Waals surface area contributed by atoms with Gasteiger partial charge in [-0.1, -0.05) is 28.7 Å². The van der Waals surface area contributed by atoms with E-state index in [-0.39, 0.29) is 15.8 Å². The Kier molecular flexibility index (Phi) is 5.29. The van der Waals surface area contributed by atoms with Gasteiger partial charge in [0.1, 0.15) is 5.69 Å². The molecule has 0 fully saturated rings. The Morgan fingerprint density at radius 1 is 1.21 bits per heavy atom. The summed E-state index contributed by atoms with van der Waals surface area (Å²) in [6.45, 7) is 0. The minimum Gasteiger partial charge on any atom is -0.503 e. The van der Waals surface area contributed by atoms with Crippen LogP contribution in [0, 0.1) is 5.82 Å². The van der Waals surface area contributed by atoms with E-state index >= 15 is 0 Å². The maximum absolute atomic E-state index is 13.5. The molecule has 0 heterocycles. The summed E-state index contributed by atoms with van der Waals surface area (Å²) in [7, 11) is 0. The first kappa shape index (κ1) is 18.4. The zero-order chi connectivity index (χ0) is 18.1. The summed E-state index contributed by atoms with van der Waals surface area (Å²) in [4.78, 5) is 12.0. The van der Waals surface area contributed by atoms with Gasteiger partial charge < -0.3 is 10.4 Å². The van der Waals surface area contributed by atoms with E-state index in [1.807, 2.05) is 0 Å². The molecule has 0 aliphatic carbocycles. The number of urea groups is 1. The molecule has 0 unspecified atom stereocenters. The van der Waals surface area contributed by atoms with Crippen molar-refractivity contribution in [2.45, 2.75) is 6.18 Å². The lowest BCUT2D eigenvalue weighted by Crippen LogP contribution is -2.27. The molecule has 0 saturated heterocycles. The number of nitrogens with zero attached hydrogens (tertiary/aromatic N) is 1. The van der Waals surface area contributed by atoms with Crippen LogP contribution in [0.1, 0.15) is 5.56 Å². The summed E-state index contributed by atoms with van der Waals surface area (Å²) >= 11 is 6.88. The minimum atomic E-state index is -4.49. The van der Waals surface area contributed by atoms with Crippen molar-refractivity contribution in [3.8, 4) is 5.75 Å². The molecule has 128 valence electrons. The third-order valence-corrected chi connectivity index (χ3v) is 3.75. The highest BCUT2D eigenvalue weighted by Gasteiger charge is 2.30. The van der Waals surface area contributed by atoms with E-state index in [0.717, 1.165) is 30.3 Å². The number of aromatic hydroxyl groups is 1. The third kappa shape index (κ3) is 4.12. The Labute approximate surface area is 147 Å². The van der Waals surface area contributed by atoms with Crippen molar-refractivity contribution in [1.29, 1.82) is 0 Å². The van der Waals surface area contributed by atoms with Gasteiger partial charge in [0.2, 0.25) is 0 Å². The van der Waals surface area contributed by atoms with Gasteiger partial charge in [0.05, 0.1) is 5.56 Å². The quantitative estimate of drug-likeness (QED) is 0.458. The SMILES string of the molecule is O=C(Nc1ccc(C(F)(F)F)cc1)N(S)c1cc(Br)cc(F)c1O. The Morgan fingerprint density at radius 2 is 1.79 bits per heavy atom. The standard InChI is InChI=1S/C14H9BrF4N2O2S/c15-8-5-10(16)12(22)11(6-8)21(24)13(23)20-9-3-1-7(2-4-9)14(17,18)19/h1-6,22,24H,(H,20,23). The zero-order valence-electron chi connectivity index (χ0n) is 11.6. The molecule has 2 amide bonds. The average Bonchev–Trinajstić information content (AvgIpc) is 2.49. The Balaban J connectivity index is 2.18. The number of carbonyl (C=O) groups excluding carboxylic acids is 1. The molecule has 0 aliphatic rings. The normalized spacial score (nSPS) is 11.2. The summed E-state index contributed by atoms with van der Waals surface area (Å²) < 4.78 is 51.8. The van der Waals surface area contributed by atoms with Crippen molar-refractivity contribution in [2.75, 3.05) is 9.62 Å². The Hall–Kier alpha value is -1.94. The van der Waals surface area contributed by atoms with E-state index in [9.17, 15) is 27.5 Å². The number of nitrogens with one attached hydrogen (secondary N) is 1. The largest absolute Gasteiger partial charge is 0.503 e. The Bertz CT molecular complexity index is 769. The lowest BCUT2D eigenvalue weighted by atomic mass is 10.2. The average molecular weight is 425 g/mol. The molecule has 2 aromatic rings. The molecular weight excluding hydrogens is 416 g/mol. The number of hydrogen-bond acceptors (Lipinski definition) is 3. The Morgan fingerprint density at radius 3 is 2.33 bits per heavy atom. The molecule has 2 N–H and O–H groups in total. The number of hydrogen-bond donors (Lipinski definition) is 3. The lowest BCUT2D eigenvalue weighted by Gasteiger charge is -2.18. The second kappa shape index (κ2) is 6.89. The molecule has 0 aromatic heterocycles. The topological polar surface area (TPSA) is 52.6 Å². The number of phenolic OH excluding ortho intramolecular Hbond substituents is 1. The molecule has 4 nitrogen and oxygen atoms in total. The highest BCUT2D eigenvalue weighted by molar-refractivity contribution is 9.10. The molecule has 0 bridgehead atoms. The van der Waals surface area contributed by atoms with Crippen molar-refractivity contribution >= 4 is 46.2 Å². The highest BCUT2D eigenvalue weighted by atomic mass is 79.9. The van der Waals surface area contributed by atoms with Crippen LogP contribution >= 0.6 is 28.7 Å². The van der Waals surface area contributed by atoms with Gasteiger partial charge in [-0.05, 0) is 36.4 Å². The van der Waals surface area contributed by atoms with Gasteiger partial charge in [0.15, 0.2) is 11.6 Å². The van der Waals surface area contributed by atoms with Crippen LogP contribution in [-0.4, -0.2) is 11.1 Å². The predicted molar refractivity (Wildman–Crippen MR) is 87.7 cm³/mol. The lowest BCUT2D eigenvalue weighted by molar-refractivity contribution is -0.137. The van der Waals surface area contributed by atoms with Crippen molar-refractivity contribution < 1.29 is 27.5 Å². The van der Waals surface area contributed by atoms with E-state index in [1.165, 1.54) is 6.07 Å². The summed E-state index contributed by atoms with van der Waals surface area (Å²) in [5.41, 5.74) is -1.04. The van der Waals surface area contributed by atoms with Gasteiger partial charge in [-0.25, -0.2) is 13.5 Å². The number of halogens is 5. The van der Waals surface area contributed by atoms with Crippen molar-refractivity contribution in [3.05, 3.63) is 52.3 Å². The fourth-order valence-corrected chi connectivity index (χ4v) is 2.36. The van der Waals surface area contributed by atoms with Crippen LogP contribution in [0.15, 0.2) is 40.9 Å². The minimum absolute atomic E-state index is 0.0713. The number of anilines is 2. The molecule has 24 heavy (non-hydrogen) atoms. The van der Waals surface area contributed by atoms with Gasteiger partial charge in [0.25, 0.3) is 0 Å². The maximum Gasteiger partial charge on any atom is 0.416 e. The smallest absolute Gasteiger partial charge is 0.416 e. The number of amides is 2. The highest BCUT2D eigenvalue weighted by Crippen LogP contribution is 2.35. The van der Waals surface area contributed by atoms with Crippen molar-refractivity contribution in [2.24, 2.45) is 0 Å². The van der Waals surface area contributed by atoms with Crippen LogP contribution in [0.25, 0.3) is 0 Å². The van der Waals surface area contributed by atoms with Crippen LogP contribution < -0.4 is 9.62 Å². The number of thiol groups is 1. The second-order valence-electron chi connectivity index (χ2n) is 4.57. The summed E-state index contributed by atoms with van der Waals surface area (Å²) in [6, 6.07) is 5.06. The number of rotatable bonds is 2. The van der Waals surface area contributed by atoms with Crippen LogP contribution in [-0.2, 0) is 6.18 Å². The van der Waals surface area contributed by atoms with Gasteiger partial charge >= 0.3 is 12.2 Å². The fraction of sp³-hybridized carbons (Fsp3) is 0.0714. The summed E-state index contributed by atoms with van der Waals surface area (Å²) in [5.74, 6) is -1.77. The van der Waals surface area contributed by atoms with Gasteiger partial charge in [-0.3, -0.25) is 0 Å². The van der Waals surface area contributed by atoms with Crippen molar-refractivity contribution in [1.82, 2.24) is 0 Å². The zero-order valence-corrected chi connectivity index (χ0v) is 14.1. The van der Waals surface area contributed by atoms with Gasteiger partial charge in [-0.2, -0.15) is 13.2 Å². The number of alkyl halides is 3. The molecule has 2 rings (SSSR count). The fourth-order valence-electron chi connectivity index (χ4n) is 1.74. The predicted octanol–water partition coefficient (Wildman–Crippen LogP) is 5.20. The number of benzene rings is 2. The van der Waals surface area contributed by atoms with Gasteiger partial charge in [-0.15, -0.1) is 0 Å². The second-order valence-corrected chi connectivity index (χ2v) is 5.89. The monoisotopic (exact) mass is 424 g/mol. The molecule has 0 aliphatic heterocycles. The molecule has 0 spiro atoms. The first-order valence-electron chi connectivity index (χ1n) is 6.25. The van der Waals surface area contributed by atoms with Crippen LogP contribution in [0.3, 0.4) is 0 Å². The molecule has 0 radical (unpaired) electrons. The molecule has 0 atom stereocenters. The first-order valence-corrected chi connectivity index (χ1v) is 7.44. The van der Waals surface area contributed by atoms with E-state index in [0.29, 0.717) is 4.31 Å². The molecule has 0 saturated carbocycles. The van der Waals surface area contributed by atoms with Crippen molar-refractivity contribution in [3.63, 3.8) is 0 Å².